The fraction of sp³-hybridized carbons (Fsp3) is 0.375. The summed E-state index contributed by atoms with van der Waals surface area (Å²) in [5, 5.41) is 15.3. The summed E-state index contributed by atoms with van der Waals surface area (Å²) in [5.74, 6) is -2.42. The highest BCUT2D eigenvalue weighted by Gasteiger charge is 2.41. The predicted molar refractivity (Wildman–Crippen MR) is 80.7 cm³/mol. The molecule has 1 fully saturated rings. The summed E-state index contributed by atoms with van der Waals surface area (Å²) in [4.78, 5) is 24.3. The molecule has 25 heavy (non-hydrogen) atoms. The number of benzene rings is 1. The third-order valence-corrected chi connectivity index (χ3v) is 4.24. The lowest BCUT2D eigenvalue weighted by Gasteiger charge is -2.27. The first-order valence-corrected chi connectivity index (χ1v) is 7.66. The van der Waals surface area contributed by atoms with Gasteiger partial charge in [-0.2, -0.15) is 0 Å². The standard InChI is InChI=1S/C16H15F3N2O4/c17-16(18,19)25-9-6-4-8(5-7-9)20-14(23)12-13(22)10-2-1-3-11(10)21-15(12)24/h4-7,10-11,22H,1-3H2,(H,20,23)(H,21,24). The highest BCUT2D eigenvalue weighted by Crippen LogP contribution is 2.35. The summed E-state index contributed by atoms with van der Waals surface area (Å²) in [5.41, 5.74) is -0.195. The van der Waals surface area contributed by atoms with Gasteiger partial charge in [0.2, 0.25) is 0 Å². The molecule has 3 rings (SSSR count). The van der Waals surface area contributed by atoms with Crippen LogP contribution in [0.25, 0.3) is 0 Å². The zero-order valence-electron chi connectivity index (χ0n) is 12.9. The molecule has 6 nitrogen and oxygen atoms in total. The van der Waals surface area contributed by atoms with E-state index in [1.807, 2.05) is 0 Å². The molecule has 2 atom stereocenters. The molecule has 1 aromatic carbocycles. The van der Waals surface area contributed by atoms with Crippen molar-refractivity contribution in [2.24, 2.45) is 5.92 Å². The van der Waals surface area contributed by atoms with Gasteiger partial charge in [0, 0.05) is 17.6 Å². The number of fused-ring (bicyclic) bond motifs is 1. The molecule has 0 radical (unpaired) electrons. The quantitative estimate of drug-likeness (QED) is 0.727. The molecule has 9 heteroatoms. The van der Waals surface area contributed by atoms with E-state index in [0.29, 0.717) is 6.42 Å². The second kappa shape index (κ2) is 6.30. The third kappa shape index (κ3) is 3.70. The molecular weight excluding hydrogens is 341 g/mol. The number of carbonyl (C=O) groups excluding carboxylic acids is 2. The lowest BCUT2D eigenvalue weighted by molar-refractivity contribution is -0.274. The maximum atomic E-state index is 12.3. The molecule has 0 bridgehead atoms. The van der Waals surface area contributed by atoms with E-state index in [1.165, 1.54) is 12.1 Å². The lowest BCUT2D eigenvalue weighted by Crippen LogP contribution is -2.46. The minimum atomic E-state index is -4.81. The molecule has 0 spiro atoms. The van der Waals surface area contributed by atoms with Gasteiger partial charge in [-0.3, -0.25) is 9.59 Å². The Kier molecular flexibility index (Phi) is 4.32. The predicted octanol–water partition coefficient (Wildman–Crippen LogP) is 2.63. The van der Waals surface area contributed by atoms with Crippen molar-refractivity contribution in [3.05, 3.63) is 35.6 Å². The molecule has 1 aliphatic heterocycles. The van der Waals surface area contributed by atoms with Crippen molar-refractivity contribution in [3.63, 3.8) is 0 Å². The second-order valence-electron chi connectivity index (χ2n) is 5.90. The molecule has 2 unspecified atom stereocenters. The van der Waals surface area contributed by atoms with Crippen molar-refractivity contribution in [2.75, 3.05) is 5.32 Å². The smallest absolute Gasteiger partial charge is 0.511 e. The van der Waals surface area contributed by atoms with Crippen LogP contribution in [0.15, 0.2) is 35.6 Å². The van der Waals surface area contributed by atoms with Crippen LogP contribution in [0.1, 0.15) is 19.3 Å². The minimum absolute atomic E-state index is 0.164. The van der Waals surface area contributed by atoms with Gasteiger partial charge in [-0.05, 0) is 37.1 Å². The van der Waals surface area contributed by atoms with Crippen molar-refractivity contribution in [3.8, 4) is 5.75 Å². The van der Waals surface area contributed by atoms with E-state index >= 15 is 0 Å². The van der Waals surface area contributed by atoms with Crippen LogP contribution in [-0.2, 0) is 9.59 Å². The summed E-state index contributed by atoms with van der Waals surface area (Å²) in [7, 11) is 0. The van der Waals surface area contributed by atoms with E-state index in [-0.39, 0.29) is 29.0 Å². The molecule has 2 aliphatic rings. The fourth-order valence-corrected chi connectivity index (χ4v) is 3.16. The molecule has 3 N–H and O–H groups in total. The molecule has 1 heterocycles. The first-order chi connectivity index (χ1) is 11.7. The maximum Gasteiger partial charge on any atom is 0.573 e. The van der Waals surface area contributed by atoms with E-state index in [9.17, 15) is 27.9 Å². The number of aliphatic hydroxyl groups excluding tert-OH is 1. The number of halogens is 3. The average molecular weight is 356 g/mol. The van der Waals surface area contributed by atoms with Crippen molar-refractivity contribution >= 4 is 17.5 Å². The monoisotopic (exact) mass is 356 g/mol. The number of amides is 2. The Balaban J connectivity index is 1.73. The SMILES string of the molecule is O=C(Nc1ccc(OC(F)(F)F)cc1)C1=C(O)C2CCCC2NC1=O. The number of hydrogen-bond acceptors (Lipinski definition) is 4. The summed E-state index contributed by atoms with van der Waals surface area (Å²) in [6.07, 6.45) is -2.54. The van der Waals surface area contributed by atoms with Gasteiger partial charge in [0.1, 0.15) is 17.1 Å². The lowest BCUT2D eigenvalue weighted by atomic mass is 9.92. The van der Waals surface area contributed by atoms with E-state index in [2.05, 4.69) is 15.4 Å². The zero-order chi connectivity index (χ0) is 18.2. The highest BCUT2D eigenvalue weighted by atomic mass is 19.4. The molecular formula is C16H15F3N2O4. The van der Waals surface area contributed by atoms with Gasteiger partial charge >= 0.3 is 6.36 Å². The Hall–Kier alpha value is -2.71. The van der Waals surface area contributed by atoms with Crippen LogP contribution in [0.5, 0.6) is 5.75 Å². The van der Waals surface area contributed by atoms with Gasteiger partial charge in [-0.15, -0.1) is 13.2 Å². The largest absolute Gasteiger partial charge is 0.573 e. The Morgan fingerprint density at radius 2 is 1.92 bits per heavy atom. The molecule has 2 amide bonds. The normalized spacial score (nSPS) is 23.1. The molecule has 0 saturated heterocycles. The Bertz CT molecular complexity index is 728. The van der Waals surface area contributed by atoms with E-state index < -0.39 is 23.9 Å². The van der Waals surface area contributed by atoms with Crippen molar-refractivity contribution in [2.45, 2.75) is 31.7 Å². The summed E-state index contributed by atoms with van der Waals surface area (Å²) in [6, 6.07) is 4.31. The Morgan fingerprint density at radius 1 is 1.24 bits per heavy atom. The fourth-order valence-electron chi connectivity index (χ4n) is 3.16. The highest BCUT2D eigenvalue weighted by molar-refractivity contribution is 6.23. The average Bonchev–Trinajstić information content (AvgIpc) is 2.96. The van der Waals surface area contributed by atoms with Crippen molar-refractivity contribution < 1.29 is 32.6 Å². The molecule has 0 aromatic heterocycles. The van der Waals surface area contributed by atoms with Gasteiger partial charge in [0.05, 0.1) is 0 Å². The second-order valence-corrected chi connectivity index (χ2v) is 5.90. The zero-order valence-corrected chi connectivity index (χ0v) is 12.9. The Morgan fingerprint density at radius 3 is 2.56 bits per heavy atom. The van der Waals surface area contributed by atoms with Crippen LogP contribution >= 0.6 is 0 Å². The molecule has 1 aromatic rings. The number of ether oxygens (including phenoxy) is 1. The van der Waals surface area contributed by atoms with Crippen LogP contribution in [0.4, 0.5) is 18.9 Å². The number of aliphatic hydroxyl groups is 1. The van der Waals surface area contributed by atoms with Crippen LogP contribution in [-0.4, -0.2) is 29.3 Å². The number of anilines is 1. The number of hydrogen-bond donors (Lipinski definition) is 3. The van der Waals surface area contributed by atoms with Gasteiger partial charge in [-0.1, -0.05) is 6.42 Å². The number of rotatable bonds is 3. The number of nitrogens with one attached hydrogen (secondary N) is 2. The van der Waals surface area contributed by atoms with Gasteiger partial charge in [-0.25, -0.2) is 0 Å². The summed E-state index contributed by atoms with van der Waals surface area (Å²) in [6.45, 7) is 0. The number of alkyl halides is 3. The first kappa shape index (κ1) is 17.1. The summed E-state index contributed by atoms with van der Waals surface area (Å²) >= 11 is 0. The molecule has 134 valence electrons. The minimum Gasteiger partial charge on any atom is -0.511 e. The topological polar surface area (TPSA) is 87.7 Å². The van der Waals surface area contributed by atoms with Crippen molar-refractivity contribution in [1.82, 2.24) is 5.32 Å². The van der Waals surface area contributed by atoms with Crippen LogP contribution in [0.2, 0.25) is 0 Å². The van der Waals surface area contributed by atoms with Crippen LogP contribution in [0.3, 0.4) is 0 Å². The molecule has 1 aliphatic carbocycles. The van der Waals surface area contributed by atoms with Gasteiger partial charge in [0.25, 0.3) is 11.8 Å². The van der Waals surface area contributed by atoms with E-state index in [0.717, 1.165) is 25.0 Å². The maximum absolute atomic E-state index is 12.3. The Labute approximate surface area is 140 Å². The summed E-state index contributed by atoms with van der Waals surface area (Å²) < 4.78 is 40.1. The van der Waals surface area contributed by atoms with Crippen LogP contribution in [0, 0.1) is 5.92 Å². The van der Waals surface area contributed by atoms with E-state index in [4.69, 9.17) is 0 Å². The van der Waals surface area contributed by atoms with Crippen LogP contribution < -0.4 is 15.4 Å². The van der Waals surface area contributed by atoms with E-state index in [1.54, 1.807) is 0 Å². The van der Waals surface area contributed by atoms with Gasteiger partial charge in [0.15, 0.2) is 0 Å². The first-order valence-electron chi connectivity index (χ1n) is 7.66. The third-order valence-electron chi connectivity index (χ3n) is 4.24. The van der Waals surface area contributed by atoms with Crippen molar-refractivity contribution in [1.29, 1.82) is 0 Å². The molecule has 1 saturated carbocycles. The van der Waals surface area contributed by atoms with Gasteiger partial charge < -0.3 is 20.5 Å². The number of carbonyl (C=O) groups is 2.